The highest BCUT2D eigenvalue weighted by Crippen LogP contribution is 2.52. The van der Waals surface area contributed by atoms with Crippen molar-refractivity contribution in [3.05, 3.63) is 106 Å². The summed E-state index contributed by atoms with van der Waals surface area (Å²) in [7, 11) is 0. The van der Waals surface area contributed by atoms with Crippen LogP contribution in [0.5, 0.6) is 0 Å². The maximum Gasteiger partial charge on any atom is 0.0409 e. The molecule has 0 aliphatic heterocycles. The van der Waals surface area contributed by atoms with Crippen molar-refractivity contribution in [3.8, 4) is 33.4 Å². The molecule has 0 aromatic heterocycles. The summed E-state index contributed by atoms with van der Waals surface area (Å²) in [5.41, 5.74) is 13.4. The van der Waals surface area contributed by atoms with E-state index in [1.807, 2.05) is 6.07 Å². The molecule has 0 radical (unpaired) electrons. The van der Waals surface area contributed by atoms with Crippen molar-refractivity contribution in [2.75, 3.05) is 0 Å². The van der Waals surface area contributed by atoms with Crippen LogP contribution in [0.25, 0.3) is 33.4 Å². The maximum absolute atomic E-state index is 6.34. The lowest BCUT2D eigenvalue weighted by Crippen LogP contribution is -2.15. The number of hydrogen-bond acceptors (Lipinski definition) is 0. The van der Waals surface area contributed by atoms with Crippen LogP contribution in [0.4, 0.5) is 0 Å². The predicted octanol–water partition coefficient (Wildman–Crippen LogP) is 8.62. The quantitative estimate of drug-likeness (QED) is 0.289. The fraction of sp³-hybridized carbons (Fsp3) is 0.200. The predicted molar refractivity (Wildman–Crippen MR) is 132 cm³/mol. The average molecular weight is 421 g/mol. The van der Waals surface area contributed by atoms with Crippen LogP contribution in [-0.4, -0.2) is 0 Å². The van der Waals surface area contributed by atoms with Gasteiger partial charge >= 0.3 is 0 Å². The van der Waals surface area contributed by atoms with E-state index < -0.39 is 0 Å². The fourth-order valence-electron chi connectivity index (χ4n) is 5.77. The molecule has 0 atom stereocenters. The van der Waals surface area contributed by atoms with E-state index in [0.29, 0.717) is 0 Å². The van der Waals surface area contributed by atoms with Gasteiger partial charge in [-0.15, -0.1) is 0 Å². The molecule has 0 saturated heterocycles. The summed E-state index contributed by atoms with van der Waals surface area (Å²) >= 11 is 6.34. The SMILES string of the molecule is CC1(C)c2ccccc2-c2ccc(-c3ccc4c(c3)C(C)(C)c3cc(Cl)ccc3-4)cc21. The van der Waals surface area contributed by atoms with E-state index in [2.05, 4.69) is 100 Å². The Morgan fingerprint density at radius 1 is 0.484 bits per heavy atom. The van der Waals surface area contributed by atoms with Crippen molar-refractivity contribution in [3.63, 3.8) is 0 Å². The minimum atomic E-state index is -0.0577. The van der Waals surface area contributed by atoms with Crippen molar-refractivity contribution in [1.29, 1.82) is 0 Å². The van der Waals surface area contributed by atoms with Gasteiger partial charge in [0.25, 0.3) is 0 Å². The summed E-state index contributed by atoms with van der Waals surface area (Å²) in [6.45, 7) is 9.29. The average Bonchev–Trinajstić information content (AvgIpc) is 3.13. The molecule has 2 aliphatic rings. The molecular formula is C30H25Cl. The van der Waals surface area contributed by atoms with Gasteiger partial charge in [0.2, 0.25) is 0 Å². The first-order chi connectivity index (χ1) is 14.8. The molecule has 0 spiro atoms. The number of halogens is 1. The maximum atomic E-state index is 6.34. The third kappa shape index (κ3) is 2.49. The number of benzene rings is 4. The summed E-state index contributed by atoms with van der Waals surface area (Å²) in [6.07, 6.45) is 0. The summed E-state index contributed by atoms with van der Waals surface area (Å²) in [5, 5.41) is 0.806. The highest BCUT2D eigenvalue weighted by atomic mass is 35.5. The lowest BCUT2D eigenvalue weighted by atomic mass is 9.80. The van der Waals surface area contributed by atoms with E-state index in [4.69, 9.17) is 11.6 Å². The van der Waals surface area contributed by atoms with Gasteiger partial charge in [0.1, 0.15) is 0 Å². The van der Waals surface area contributed by atoms with Crippen molar-refractivity contribution >= 4 is 11.6 Å². The molecule has 2 aliphatic carbocycles. The van der Waals surface area contributed by atoms with Crippen molar-refractivity contribution in [2.24, 2.45) is 0 Å². The van der Waals surface area contributed by atoms with Crippen molar-refractivity contribution in [1.82, 2.24) is 0 Å². The van der Waals surface area contributed by atoms with E-state index in [-0.39, 0.29) is 10.8 Å². The van der Waals surface area contributed by atoms with Crippen molar-refractivity contribution < 1.29 is 0 Å². The normalized spacial score (nSPS) is 16.4. The topological polar surface area (TPSA) is 0 Å². The Labute approximate surface area is 189 Å². The van der Waals surface area contributed by atoms with Gasteiger partial charge in [-0.25, -0.2) is 0 Å². The number of hydrogen-bond donors (Lipinski definition) is 0. The van der Waals surface area contributed by atoms with Crippen LogP contribution in [0, 0.1) is 0 Å². The zero-order chi connectivity index (χ0) is 21.5. The molecule has 6 rings (SSSR count). The van der Waals surface area contributed by atoms with Gasteiger partial charge in [0, 0.05) is 15.9 Å². The van der Waals surface area contributed by atoms with Crippen LogP contribution < -0.4 is 0 Å². The van der Waals surface area contributed by atoms with E-state index in [9.17, 15) is 0 Å². The lowest BCUT2D eigenvalue weighted by Gasteiger charge is -2.23. The van der Waals surface area contributed by atoms with E-state index in [1.54, 1.807) is 0 Å². The fourth-order valence-corrected chi connectivity index (χ4v) is 5.95. The van der Waals surface area contributed by atoms with Gasteiger partial charge in [-0.3, -0.25) is 0 Å². The molecule has 0 heterocycles. The Bertz CT molecular complexity index is 1390. The summed E-state index contributed by atoms with van der Waals surface area (Å²) in [5.74, 6) is 0. The molecule has 0 saturated carbocycles. The Kier molecular flexibility index (Phi) is 3.73. The third-order valence-corrected chi connectivity index (χ3v) is 7.79. The van der Waals surface area contributed by atoms with Crippen LogP contribution in [0.1, 0.15) is 49.9 Å². The largest absolute Gasteiger partial charge is 0.0843 e. The van der Waals surface area contributed by atoms with Crippen LogP contribution in [0.2, 0.25) is 5.02 Å². The second-order valence-electron chi connectivity index (χ2n) is 10.0. The number of rotatable bonds is 1. The number of fused-ring (bicyclic) bond motifs is 6. The minimum absolute atomic E-state index is 0.0188. The Hall–Kier alpha value is -2.83. The summed E-state index contributed by atoms with van der Waals surface area (Å²) < 4.78 is 0. The standard InChI is InChI=1S/C30H25Cl/c1-29(2)25-8-6-5-7-21(25)22-12-9-18(15-26(22)29)19-10-13-23-24-14-11-20(31)17-28(24)30(3,4)27(23)16-19/h5-17H,1-4H3. The van der Waals surface area contributed by atoms with E-state index in [1.165, 1.54) is 55.6 Å². The molecule has 31 heavy (non-hydrogen) atoms. The molecule has 4 aromatic rings. The first-order valence-corrected chi connectivity index (χ1v) is 11.4. The lowest BCUT2D eigenvalue weighted by molar-refractivity contribution is 0.659. The van der Waals surface area contributed by atoms with Crippen LogP contribution >= 0.6 is 11.6 Å². The Morgan fingerprint density at radius 3 is 1.55 bits per heavy atom. The molecule has 1 heteroatoms. The molecule has 0 amide bonds. The Morgan fingerprint density at radius 2 is 0.935 bits per heavy atom. The summed E-state index contributed by atoms with van der Waals surface area (Å²) in [6, 6.07) is 29.1. The second kappa shape index (κ2) is 6.11. The van der Waals surface area contributed by atoms with Crippen molar-refractivity contribution in [2.45, 2.75) is 38.5 Å². The van der Waals surface area contributed by atoms with Gasteiger partial charge in [-0.2, -0.15) is 0 Å². The van der Waals surface area contributed by atoms with E-state index >= 15 is 0 Å². The first kappa shape index (κ1) is 18.9. The smallest absolute Gasteiger partial charge is 0.0409 e. The Balaban J connectivity index is 1.50. The van der Waals surface area contributed by atoms with E-state index in [0.717, 1.165) is 5.02 Å². The molecule has 0 N–H and O–H groups in total. The minimum Gasteiger partial charge on any atom is -0.0843 e. The monoisotopic (exact) mass is 420 g/mol. The zero-order valence-electron chi connectivity index (χ0n) is 18.4. The van der Waals surface area contributed by atoms with Gasteiger partial charge in [-0.1, -0.05) is 93.9 Å². The highest BCUT2D eigenvalue weighted by Gasteiger charge is 2.37. The molecule has 0 bridgehead atoms. The molecular weight excluding hydrogens is 396 g/mol. The highest BCUT2D eigenvalue weighted by molar-refractivity contribution is 6.30. The third-order valence-electron chi connectivity index (χ3n) is 7.55. The van der Waals surface area contributed by atoms with Gasteiger partial charge in [0.15, 0.2) is 0 Å². The zero-order valence-corrected chi connectivity index (χ0v) is 19.1. The van der Waals surface area contributed by atoms with Crippen LogP contribution in [0.15, 0.2) is 78.9 Å². The molecule has 0 fully saturated rings. The molecule has 152 valence electrons. The molecule has 0 unspecified atom stereocenters. The second-order valence-corrected chi connectivity index (χ2v) is 10.4. The van der Waals surface area contributed by atoms with Gasteiger partial charge in [0.05, 0.1) is 0 Å². The van der Waals surface area contributed by atoms with Crippen LogP contribution in [-0.2, 0) is 10.8 Å². The molecule has 0 nitrogen and oxygen atoms in total. The van der Waals surface area contributed by atoms with Crippen LogP contribution in [0.3, 0.4) is 0 Å². The molecule has 4 aromatic carbocycles. The van der Waals surface area contributed by atoms with Gasteiger partial charge in [-0.05, 0) is 79.9 Å². The van der Waals surface area contributed by atoms with Gasteiger partial charge < -0.3 is 0 Å². The summed E-state index contributed by atoms with van der Waals surface area (Å²) in [4.78, 5) is 0. The first-order valence-electron chi connectivity index (χ1n) is 11.0.